The van der Waals surface area contributed by atoms with E-state index in [-0.39, 0.29) is 11.5 Å². The minimum absolute atomic E-state index is 0.0355. The molecule has 0 aliphatic heterocycles. The second-order valence-corrected chi connectivity index (χ2v) is 6.37. The fourth-order valence-electron chi connectivity index (χ4n) is 2.72. The summed E-state index contributed by atoms with van der Waals surface area (Å²) in [5.74, 6) is 1.06. The van der Waals surface area contributed by atoms with E-state index in [1.54, 1.807) is 6.07 Å². The number of nitrogens with one attached hydrogen (secondary N) is 2. The Morgan fingerprint density at radius 3 is 2.85 bits per heavy atom. The molecule has 0 spiro atoms. The topological polar surface area (TPSA) is 101 Å². The second-order valence-electron chi connectivity index (χ2n) is 6.37. The highest BCUT2D eigenvalue weighted by molar-refractivity contribution is 5.75. The van der Waals surface area contributed by atoms with Gasteiger partial charge in [-0.2, -0.15) is 4.98 Å². The molecule has 1 aromatic carbocycles. The lowest BCUT2D eigenvalue weighted by molar-refractivity contribution is -0.121. The zero-order chi connectivity index (χ0) is 19.1. The number of pyridine rings is 1. The van der Waals surface area contributed by atoms with Gasteiger partial charge in [0.2, 0.25) is 23.2 Å². The van der Waals surface area contributed by atoms with Crippen molar-refractivity contribution < 1.29 is 9.32 Å². The van der Waals surface area contributed by atoms with Crippen molar-refractivity contribution in [2.45, 2.75) is 32.6 Å². The van der Waals surface area contributed by atoms with Gasteiger partial charge in [-0.05, 0) is 25.5 Å². The van der Waals surface area contributed by atoms with Crippen LogP contribution in [0.3, 0.4) is 0 Å². The Bertz CT molecular complexity index is 961. The first-order chi connectivity index (χ1) is 13.1. The molecule has 27 heavy (non-hydrogen) atoms. The number of hydrogen-bond donors (Lipinski definition) is 2. The van der Waals surface area contributed by atoms with E-state index in [9.17, 15) is 9.59 Å². The summed E-state index contributed by atoms with van der Waals surface area (Å²) in [5, 5.41) is 6.85. The molecule has 0 unspecified atom stereocenters. The average molecular weight is 366 g/mol. The van der Waals surface area contributed by atoms with Gasteiger partial charge in [-0.1, -0.05) is 35.0 Å². The van der Waals surface area contributed by atoms with Gasteiger partial charge in [0.1, 0.15) is 0 Å². The summed E-state index contributed by atoms with van der Waals surface area (Å²) >= 11 is 0. The molecule has 1 amide bonds. The molecule has 0 fully saturated rings. The summed E-state index contributed by atoms with van der Waals surface area (Å²) in [4.78, 5) is 30.2. The number of aromatic nitrogens is 3. The number of benzene rings is 1. The Balaban J connectivity index is 1.39. The van der Waals surface area contributed by atoms with Crippen LogP contribution in [-0.4, -0.2) is 27.6 Å². The van der Waals surface area contributed by atoms with Crippen molar-refractivity contribution in [2.75, 3.05) is 6.54 Å². The molecular weight excluding hydrogens is 344 g/mol. The molecule has 0 aliphatic rings. The quantitative estimate of drug-likeness (QED) is 0.638. The third-order valence-electron chi connectivity index (χ3n) is 4.08. The van der Waals surface area contributed by atoms with Gasteiger partial charge in [0, 0.05) is 43.1 Å². The third-order valence-corrected chi connectivity index (χ3v) is 4.08. The average Bonchev–Trinajstić information content (AvgIpc) is 3.11. The number of amides is 1. The number of aryl methyl sites for hydroxylation is 2. The van der Waals surface area contributed by atoms with Crippen LogP contribution in [0, 0.1) is 6.92 Å². The van der Waals surface area contributed by atoms with Crippen LogP contribution in [-0.2, 0) is 17.6 Å². The third kappa shape index (κ3) is 5.64. The number of nitrogens with zero attached hydrogens (tertiary/aromatic N) is 2. The minimum atomic E-state index is -0.136. The molecule has 2 heterocycles. The lowest BCUT2D eigenvalue weighted by atomic mass is 10.1. The van der Waals surface area contributed by atoms with Crippen molar-refractivity contribution in [3.63, 3.8) is 0 Å². The largest absolute Gasteiger partial charge is 0.356 e. The van der Waals surface area contributed by atoms with Crippen LogP contribution >= 0.6 is 0 Å². The van der Waals surface area contributed by atoms with Gasteiger partial charge in [0.05, 0.1) is 0 Å². The standard InChI is InChI=1S/C20H22N4O3/c1-14-5-2-6-15(13-14)20-23-19(27-24-20)10-4-8-17(25)21-12-11-16-7-3-9-18(26)22-16/h2-3,5-7,9,13H,4,8,10-12H2,1H3,(H,21,25)(H,22,26). The smallest absolute Gasteiger partial charge is 0.248 e. The summed E-state index contributed by atoms with van der Waals surface area (Å²) in [5.41, 5.74) is 2.72. The van der Waals surface area contributed by atoms with Gasteiger partial charge in [-0.15, -0.1) is 0 Å². The Kier molecular flexibility index (Phi) is 6.14. The van der Waals surface area contributed by atoms with Gasteiger partial charge in [0.25, 0.3) is 0 Å². The summed E-state index contributed by atoms with van der Waals surface area (Å²) in [6.07, 6.45) is 2.15. The first kappa shape index (κ1) is 18.6. The first-order valence-electron chi connectivity index (χ1n) is 8.95. The van der Waals surface area contributed by atoms with Crippen LogP contribution in [0.2, 0.25) is 0 Å². The molecule has 0 bridgehead atoms. The first-order valence-corrected chi connectivity index (χ1v) is 8.95. The number of H-pyrrole nitrogens is 1. The van der Waals surface area contributed by atoms with Crippen molar-refractivity contribution in [1.82, 2.24) is 20.4 Å². The molecule has 0 saturated carbocycles. The van der Waals surface area contributed by atoms with Gasteiger partial charge in [-0.25, -0.2) is 0 Å². The molecule has 0 aliphatic carbocycles. The Morgan fingerprint density at radius 1 is 1.19 bits per heavy atom. The number of rotatable bonds is 8. The monoisotopic (exact) mass is 366 g/mol. The van der Waals surface area contributed by atoms with Gasteiger partial charge in [-0.3, -0.25) is 9.59 Å². The molecule has 140 valence electrons. The van der Waals surface area contributed by atoms with Crippen LogP contribution in [0.25, 0.3) is 11.4 Å². The molecular formula is C20H22N4O3. The predicted molar refractivity (Wildman–Crippen MR) is 101 cm³/mol. The van der Waals surface area contributed by atoms with E-state index < -0.39 is 0 Å². The lowest BCUT2D eigenvalue weighted by Gasteiger charge is -2.04. The van der Waals surface area contributed by atoms with Gasteiger partial charge >= 0.3 is 0 Å². The molecule has 2 N–H and O–H groups in total. The van der Waals surface area contributed by atoms with Crippen molar-refractivity contribution in [3.05, 3.63) is 70.0 Å². The van der Waals surface area contributed by atoms with Crippen molar-refractivity contribution in [1.29, 1.82) is 0 Å². The number of carbonyl (C=O) groups is 1. The highest BCUT2D eigenvalue weighted by atomic mass is 16.5. The molecule has 3 aromatic rings. The van der Waals surface area contributed by atoms with Crippen LogP contribution < -0.4 is 10.9 Å². The molecule has 7 nitrogen and oxygen atoms in total. The van der Waals surface area contributed by atoms with Crippen LogP contribution in [0.4, 0.5) is 0 Å². The zero-order valence-corrected chi connectivity index (χ0v) is 15.2. The lowest BCUT2D eigenvalue weighted by Crippen LogP contribution is -2.26. The maximum Gasteiger partial charge on any atom is 0.248 e. The van der Waals surface area contributed by atoms with E-state index in [1.807, 2.05) is 37.3 Å². The summed E-state index contributed by atoms with van der Waals surface area (Å²) in [6, 6.07) is 12.9. The number of aromatic amines is 1. The summed E-state index contributed by atoms with van der Waals surface area (Å²) < 4.78 is 5.26. The Labute approximate surface area is 156 Å². The maximum atomic E-state index is 11.9. The fraction of sp³-hybridized carbons (Fsp3) is 0.300. The molecule has 7 heteroatoms. The van der Waals surface area contributed by atoms with E-state index in [2.05, 4.69) is 20.4 Å². The second kappa shape index (κ2) is 8.93. The molecule has 0 saturated heterocycles. The zero-order valence-electron chi connectivity index (χ0n) is 15.2. The Hall–Kier alpha value is -3.22. The van der Waals surface area contributed by atoms with Crippen molar-refractivity contribution >= 4 is 5.91 Å². The van der Waals surface area contributed by atoms with Crippen molar-refractivity contribution in [3.8, 4) is 11.4 Å². The van der Waals surface area contributed by atoms with Gasteiger partial charge < -0.3 is 14.8 Å². The van der Waals surface area contributed by atoms with E-state index in [0.717, 1.165) is 16.8 Å². The Morgan fingerprint density at radius 2 is 2.04 bits per heavy atom. The van der Waals surface area contributed by atoms with Gasteiger partial charge in [0.15, 0.2) is 0 Å². The SMILES string of the molecule is Cc1cccc(-c2noc(CCCC(=O)NCCc3cccc(=O)[nH]3)n2)c1. The van der Waals surface area contributed by atoms with E-state index >= 15 is 0 Å². The summed E-state index contributed by atoms with van der Waals surface area (Å²) in [7, 11) is 0. The number of hydrogen-bond acceptors (Lipinski definition) is 5. The minimum Gasteiger partial charge on any atom is -0.356 e. The highest BCUT2D eigenvalue weighted by Crippen LogP contribution is 2.17. The molecule has 3 rings (SSSR count). The molecule has 2 aromatic heterocycles. The predicted octanol–water partition coefficient (Wildman–Crippen LogP) is 2.41. The molecule has 0 atom stereocenters. The summed E-state index contributed by atoms with van der Waals surface area (Å²) in [6.45, 7) is 2.50. The van der Waals surface area contributed by atoms with E-state index in [4.69, 9.17) is 4.52 Å². The van der Waals surface area contributed by atoms with Crippen LogP contribution in [0.15, 0.2) is 51.8 Å². The van der Waals surface area contributed by atoms with E-state index in [0.29, 0.717) is 43.9 Å². The normalized spacial score (nSPS) is 10.7. The fourth-order valence-corrected chi connectivity index (χ4v) is 2.72. The highest BCUT2D eigenvalue weighted by Gasteiger charge is 2.09. The van der Waals surface area contributed by atoms with E-state index in [1.165, 1.54) is 6.07 Å². The van der Waals surface area contributed by atoms with Crippen LogP contribution in [0.5, 0.6) is 0 Å². The maximum absolute atomic E-state index is 11.9. The number of carbonyl (C=O) groups excluding carboxylic acids is 1. The molecule has 0 radical (unpaired) electrons. The van der Waals surface area contributed by atoms with Crippen LogP contribution in [0.1, 0.15) is 30.0 Å². The van der Waals surface area contributed by atoms with Crippen molar-refractivity contribution in [2.24, 2.45) is 0 Å².